The van der Waals surface area contributed by atoms with Crippen molar-refractivity contribution in [3.05, 3.63) is 12.7 Å². The molecule has 0 bridgehead atoms. The molecular formula is C13H26O7. The van der Waals surface area contributed by atoms with E-state index in [9.17, 15) is 4.79 Å². The van der Waals surface area contributed by atoms with Gasteiger partial charge in [0.1, 0.15) is 6.61 Å². The first kappa shape index (κ1) is 21.3. The molecule has 0 aliphatic rings. The van der Waals surface area contributed by atoms with Crippen LogP contribution in [0.15, 0.2) is 12.7 Å². The number of ether oxygens (including phenoxy) is 4. The SMILES string of the molecule is C=CC(=O)OCCOCCOCCOCC.OCCO. The molecule has 0 saturated carbocycles. The van der Waals surface area contributed by atoms with E-state index in [0.29, 0.717) is 39.6 Å². The van der Waals surface area contributed by atoms with Crippen LogP contribution in [0.25, 0.3) is 0 Å². The summed E-state index contributed by atoms with van der Waals surface area (Å²) in [6, 6.07) is 0. The Hall–Kier alpha value is -0.990. The number of carbonyl (C=O) groups is 1. The monoisotopic (exact) mass is 294 g/mol. The molecule has 0 aromatic heterocycles. The Balaban J connectivity index is 0. The van der Waals surface area contributed by atoms with Gasteiger partial charge in [0, 0.05) is 12.7 Å². The number of hydrogen-bond acceptors (Lipinski definition) is 7. The van der Waals surface area contributed by atoms with Crippen molar-refractivity contribution in [2.75, 3.05) is 59.5 Å². The minimum atomic E-state index is -0.434. The zero-order valence-corrected chi connectivity index (χ0v) is 12.1. The van der Waals surface area contributed by atoms with Gasteiger partial charge in [0.15, 0.2) is 0 Å². The smallest absolute Gasteiger partial charge is 0.330 e. The Bertz CT molecular complexity index is 207. The lowest BCUT2D eigenvalue weighted by Crippen LogP contribution is -2.13. The van der Waals surface area contributed by atoms with Gasteiger partial charge >= 0.3 is 5.97 Å². The molecule has 7 nitrogen and oxygen atoms in total. The first-order valence-electron chi connectivity index (χ1n) is 6.47. The summed E-state index contributed by atoms with van der Waals surface area (Å²) in [5.74, 6) is -0.434. The third kappa shape index (κ3) is 22.2. The van der Waals surface area contributed by atoms with Crippen LogP contribution in [-0.2, 0) is 23.7 Å². The highest BCUT2D eigenvalue weighted by molar-refractivity contribution is 5.81. The van der Waals surface area contributed by atoms with Crippen LogP contribution in [0.1, 0.15) is 6.92 Å². The van der Waals surface area contributed by atoms with Crippen molar-refractivity contribution in [1.29, 1.82) is 0 Å². The standard InChI is InChI=1S/C11H20O5.C2H6O2/c1-3-11(12)16-10-9-15-8-7-14-6-5-13-4-2;3-1-2-4/h3H,1,4-10H2,2H3;3-4H,1-2H2. The molecule has 0 rings (SSSR count). The van der Waals surface area contributed by atoms with Crippen molar-refractivity contribution >= 4 is 5.97 Å². The predicted octanol–water partition coefficient (Wildman–Crippen LogP) is -0.244. The first-order chi connectivity index (χ1) is 9.72. The number of rotatable bonds is 12. The molecule has 120 valence electrons. The van der Waals surface area contributed by atoms with E-state index in [2.05, 4.69) is 6.58 Å². The second-order valence-corrected chi connectivity index (χ2v) is 3.24. The van der Waals surface area contributed by atoms with Crippen LogP contribution in [0.3, 0.4) is 0 Å². The number of esters is 1. The fourth-order valence-corrected chi connectivity index (χ4v) is 0.844. The van der Waals surface area contributed by atoms with Crippen molar-refractivity contribution in [2.24, 2.45) is 0 Å². The second kappa shape index (κ2) is 20.3. The topological polar surface area (TPSA) is 94.5 Å². The third-order valence-corrected chi connectivity index (χ3v) is 1.69. The van der Waals surface area contributed by atoms with Gasteiger partial charge in [-0.15, -0.1) is 0 Å². The summed E-state index contributed by atoms with van der Waals surface area (Å²) in [5, 5.41) is 15.2. The highest BCUT2D eigenvalue weighted by Crippen LogP contribution is 1.83. The zero-order chi connectivity index (χ0) is 15.5. The molecule has 0 atom stereocenters. The lowest BCUT2D eigenvalue weighted by molar-refractivity contribution is -0.139. The van der Waals surface area contributed by atoms with E-state index >= 15 is 0 Å². The quantitative estimate of drug-likeness (QED) is 0.291. The van der Waals surface area contributed by atoms with Crippen LogP contribution in [0.4, 0.5) is 0 Å². The highest BCUT2D eigenvalue weighted by atomic mass is 16.6. The maximum absolute atomic E-state index is 10.6. The van der Waals surface area contributed by atoms with Gasteiger partial charge in [0.05, 0.1) is 46.2 Å². The summed E-state index contributed by atoms with van der Waals surface area (Å²) >= 11 is 0. The van der Waals surface area contributed by atoms with Crippen molar-refractivity contribution < 1.29 is 34.0 Å². The van der Waals surface area contributed by atoms with Crippen LogP contribution in [0.5, 0.6) is 0 Å². The molecule has 0 spiro atoms. The minimum absolute atomic E-state index is 0.125. The molecule has 2 N–H and O–H groups in total. The lowest BCUT2D eigenvalue weighted by atomic mass is 10.6. The summed E-state index contributed by atoms with van der Waals surface area (Å²) in [7, 11) is 0. The molecule has 0 amide bonds. The van der Waals surface area contributed by atoms with Gasteiger partial charge in [-0.05, 0) is 6.92 Å². The molecule has 0 heterocycles. The van der Waals surface area contributed by atoms with Crippen molar-refractivity contribution in [3.63, 3.8) is 0 Å². The fraction of sp³-hybridized carbons (Fsp3) is 0.769. The Kier molecular flexibility index (Phi) is 21.7. The third-order valence-electron chi connectivity index (χ3n) is 1.69. The van der Waals surface area contributed by atoms with Gasteiger partial charge in [-0.25, -0.2) is 4.79 Å². The van der Waals surface area contributed by atoms with Crippen molar-refractivity contribution in [2.45, 2.75) is 6.92 Å². The summed E-state index contributed by atoms with van der Waals surface area (Å²) in [6.45, 7) is 8.45. The number of carbonyl (C=O) groups excluding carboxylic acids is 1. The number of hydrogen-bond donors (Lipinski definition) is 2. The summed E-state index contributed by atoms with van der Waals surface area (Å²) < 4.78 is 20.2. The number of aliphatic hydroxyl groups is 2. The average Bonchev–Trinajstić information content (AvgIpc) is 2.49. The fourth-order valence-electron chi connectivity index (χ4n) is 0.844. The lowest BCUT2D eigenvalue weighted by Gasteiger charge is -2.06. The van der Waals surface area contributed by atoms with E-state index in [-0.39, 0.29) is 19.8 Å². The van der Waals surface area contributed by atoms with Gasteiger partial charge in [0.25, 0.3) is 0 Å². The predicted molar refractivity (Wildman–Crippen MR) is 73.5 cm³/mol. The van der Waals surface area contributed by atoms with E-state index in [4.69, 9.17) is 29.2 Å². The Morgan fingerprint density at radius 3 is 1.80 bits per heavy atom. The highest BCUT2D eigenvalue weighted by Gasteiger charge is 1.95. The maximum atomic E-state index is 10.6. The van der Waals surface area contributed by atoms with E-state index in [1.165, 1.54) is 0 Å². The van der Waals surface area contributed by atoms with Gasteiger partial charge in [0.2, 0.25) is 0 Å². The van der Waals surface area contributed by atoms with Crippen LogP contribution in [-0.4, -0.2) is 75.6 Å². The Morgan fingerprint density at radius 1 is 0.950 bits per heavy atom. The van der Waals surface area contributed by atoms with Crippen molar-refractivity contribution in [1.82, 2.24) is 0 Å². The largest absolute Gasteiger partial charge is 0.460 e. The maximum Gasteiger partial charge on any atom is 0.330 e. The Morgan fingerprint density at radius 2 is 1.40 bits per heavy atom. The van der Waals surface area contributed by atoms with Crippen LogP contribution in [0.2, 0.25) is 0 Å². The Labute approximate surface area is 120 Å². The van der Waals surface area contributed by atoms with Gasteiger partial charge in [-0.2, -0.15) is 0 Å². The molecule has 0 unspecified atom stereocenters. The van der Waals surface area contributed by atoms with Crippen LogP contribution < -0.4 is 0 Å². The molecule has 7 heteroatoms. The molecule has 0 aliphatic heterocycles. The molecule has 0 fully saturated rings. The normalized spacial score (nSPS) is 9.55. The van der Waals surface area contributed by atoms with Crippen molar-refractivity contribution in [3.8, 4) is 0 Å². The molecule has 0 aliphatic carbocycles. The zero-order valence-electron chi connectivity index (χ0n) is 12.1. The van der Waals surface area contributed by atoms with Gasteiger partial charge < -0.3 is 29.2 Å². The summed E-state index contributed by atoms with van der Waals surface area (Å²) in [6.07, 6.45) is 1.12. The molecule has 0 aromatic carbocycles. The van der Waals surface area contributed by atoms with E-state index in [1.807, 2.05) is 6.92 Å². The van der Waals surface area contributed by atoms with E-state index in [1.54, 1.807) is 0 Å². The van der Waals surface area contributed by atoms with E-state index in [0.717, 1.165) is 6.08 Å². The first-order valence-corrected chi connectivity index (χ1v) is 6.47. The molecule has 20 heavy (non-hydrogen) atoms. The molecule has 0 aromatic rings. The van der Waals surface area contributed by atoms with Crippen LogP contribution >= 0.6 is 0 Å². The average molecular weight is 294 g/mol. The van der Waals surface area contributed by atoms with Gasteiger partial charge in [-0.1, -0.05) is 6.58 Å². The molecule has 0 saturated heterocycles. The second-order valence-electron chi connectivity index (χ2n) is 3.24. The molecule has 0 radical (unpaired) electrons. The summed E-state index contributed by atoms with van der Waals surface area (Å²) in [4.78, 5) is 10.6. The summed E-state index contributed by atoms with van der Waals surface area (Å²) in [5.41, 5.74) is 0. The minimum Gasteiger partial charge on any atom is -0.460 e. The van der Waals surface area contributed by atoms with Gasteiger partial charge in [-0.3, -0.25) is 0 Å². The number of aliphatic hydroxyl groups excluding tert-OH is 2. The van der Waals surface area contributed by atoms with E-state index < -0.39 is 5.97 Å². The van der Waals surface area contributed by atoms with Crippen LogP contribution in [0, 0.1) is 0 Å². The molecular weight excluding hydrogens is 268 g/mol.